The lowest BCUT2D eigenvalue weighted by Gasteiger charge is -2.25. The van der Waals surface area contributed by atoms with Gasteiger partial charge >= 0.3 is 0 Å². The van der Waals surface area contributed by atoms with E-state index in [9.17, 15) is 9.90 Å². The van der Waals surface area contributed by atoms with Crippen LogP contribution in [0.5, 0.6) is 0 Å². The molecular weight excluding hydrogens is 306 g/mol. The Labute approximate surface area is 142 Å². The molecule has 1 aliphatic rings. The molecule has 24 heavy (non-hydrogen) atoms. The SMILES string of the molecule is CC(C)OCc1c(C(=O)NC2CCC(O)CC2)oc2ccccc12. The molecule has 1 aromatic heterocycles. The van der Waals surface area contributed by atoms with Crippen molar-refractivity contribution in [3.8, 4) is 0 Å². The summed E-state index contributed by atoms with van der Waals surface area (Å²) < 4.78 is 11.5. The third kappa shape index (κ3) is 3.79. The summed E-state index contributed by atoms with van der Waals surface area (Å²) in [7, 11) is 0. The molecule has 2 aromatic rings. The van der Waals surface area contributed by atoms with Crippen molar-refractivity contribution in [1.82, 2.24) is 5.32 Å². The van der Waals surface area contributed by atoms with Gasteiger partial charge < -0.3 is 19.6 Å². The van der Waals surface area contributed by atoms with Crippen molar-refractivity contribution in [2.75, 3.05) is 0 Å². The van der Waals surface area contributed by atoms with E-state index in [1.165, 1.54) is 0 Å². The molecule has 0 spiro atoms. The molecule has 1 aliphatic carbocycles. The third-order valence-electron chi connectivity index (χ3n) is 4.50. The number of hydrogen-bond donors (Lipinski definition) is 2. The Bertz CT molecular complexity index is 698. The predicted octanol–water partition coefficient (Wildman–Crippen LogP) is 3.39. The van der Waals surface area contributed by atoms with Crippen molar-refractivity contribution in [3.63, 3.8) is 0 Å². The molecule has 130 valence electrons. The Kier molecular flexibility index (Phi) is 5.21. The van der Waals surface area contributed by atoms with E-state index < -0.39 is 0 Å². The van der Waals surface area contributed by atoms with Crippen LogP contribution in [0.4, 0.5) is 0 Å². The number of fused-ring (bicyclic) bond motifs is 1. The Morgan fingerprint density at radius 2 is 2.00 bits per heavy atom. The number of aliphatic hydroxyl groups excluding tert-OH is 1. The summed E-state index contributed by atoms with van der Waals surface area (Å²) in [6, 6.07) is 7.73. The number of furan rings is 1. The number of amides is 1. The van der Waals surface area contributed by atoms with Crippen LogP contribution in [-0.4, -0.2) is 29.3 Å². The topological polar surface area (TPSA) is 71.7 Å². The number of ether oxygens (including phenoxy) is 1. The van der Waals surface area contributed by atoms with Crippen molar-refractivity contribution in [2.45, 2.75) is 64.4 Å². The molecule has 1 saturated carbocycles. The van der Waals surface area contributed by atoms with Gasteiger partial charge in [-0.2, -0.15) is 0 Å². The summed E-state index contributed by atoms with van der Waals surface area (Å²) in [4.78, 5) is 12.7. The first-order chi connectivity index (χ1) is 11.5. The van der Waals surface area contributed by atoms with Gasteiger partial charge in [-0.1, -0.05) is 18.2 Å². The van der Waals surface area contributed by atoms with Crippen molar-refractivity contribution in [3.05, 3.63) is 35.6 Å². The number of carbonyl (C=O) groups excluding carboxylic acids is 1. The fraction of sp³-hybridized carbons (Fsp3) is 0.526. The minimum atomic E-state index is -0.237. The van der Waals surface area contributed by atoms with Crippen molar-refractivity contribution in [1.29, 1.82) is 0 Å². The molecule has 2 N–H and O–H groups in total. The highest BCUT2D eigenvalue weighted by Crippen LogP contribution is 2.27. The van der Waals surface area contributed by atoms with Crippen LogP contribution in [0.1, 0.15) is 55.6 Å². The number of carbonyl (C=O) groups is 1. The second kappa shape index (κ2) is 7.36. The number of nitrogens with one attached hydrogen (secondary N) is 1. The smallest absolute Gasteiger partial charge is 0.287 e. The number of aliphatic hydroxyl groups is 1. The zero-order valence-corrected chi connectivity index (χ0v) is 14.2. The number of hydrogen-bond acceptors (Lipinski definition) is 4. The summed E-state index contributed by atoms with van der Waals surface area (Å²) in [5.74, 6) is 0.137. The molecular formula is C19H25NO4. The third-order valence-corrected chi connectivity index (χ3v) is 4.50. The zero-order chi connectivity index (χ0) is 17.1. The van der Waals surface area contributed by atoms with E-state index in [0.29, 0.717) is 18.0 Å². The molecule has 1 fully saturated rings. The van der Waals surface area contributed by atoms with Gasteiger partial charge in [0, 0.05) is 17.0 Å². The Morgan fingerprint density at radius 1 is 1.29 bits per heavy atom. The van der Waals surface area contributed by atoms with E-state index in [2.05, 4.69) is 5.32 Å². The minimum absolute atomic E-state index is 0.0782. The molecule has 0 bridgehead atoms. The fourth-order valence-corrected chi connectivity index (χ4v) is 3.15. The molecule has 3 rings (SSSR count). The second-order valence-electron chi connectivity index (χ2n) is 6.74. The van der Waals surface area contributed by atoms with Crippen molar-refractivity contribution in [2.24, 2.45) is 0 Å². The summed E-state index contributed by atoms with van der Waals surface area (Å²) >= 11 is 0. The molecule has 5 nitrogen and oxygen atoms in total. The summed E-state index contributed by atoms with van der Waals surface area (Å²) in [5, 5.41) is 13.6. The maximum absolute atomic E-state index is 12.7. The largest absolute Gasteiger partial charge is 0.451 e. The first-order valence-corrected chi connectivity index (χ1v) is 8.65. The lowest BCUT2D eigenvalue weighted by molar-refractivity contribution is 0.0639. The molecule has 0 aliphatic heterocycles. The van der Waals surface area contributed by atoms with Gasteiger partial charge in [0.1, 0.15) is 5.58 Å². The normalized spacial score (nSPS) is 21.3. The van der Waals surface area contributed by atoms with Crippen LogP contribution < -0.4 is 5.32 Å². The lowest BCUT2D eigenvalue weighted by atomic mass is 9.93. The van der Waals surface area contributed by atoms with Gasteiger partial charge in [0.05, 0.1) is 18.8 Å². The second-order valence-corrected chi connectivity index (χ2v) is 6.74. The van der Waals surface area contributed by atoms with E-state index in [4.69, 9.17) is 9.15 Å². The van der Waals surface area contributed by atoms with Crippen molar-refractivity contribution < 1.29 is 19.1 Å². The molecule has 0 saturated heterocycles. The van der Waals surface area contributed by atoms with Gasteiger partial charge in [-0.05, 0) is 45.6 Å². The molecule has 0 radical (unpaired) electrons. The van der Waals surface area contributed by atoms with E-state index in [1.54, 1.807) is 0 Å². The van der Waals surface area contributed by atoms with Gasteiger partial charge in [-0.3, -0.25) is 4.79 Å². The Morgan fingerprint density at radius 3 is 2.71 bits per heavy atom. The Balaban J connectivity index is 1.81. The van der Waals surface area contributed by atoms with E-state index in [1.807, 2.05) is 38.1 Å². The lowest BCUT2D eigenvalue weighted by Crippen LogP contribution is -2.38. The van der Waals surface area contributed by atoms with Crippen LogP contribution in [-0.2, 0) is 11.3 Å². The fourth-order valence-electron chi connectivity index (χ4n) is 3.15. The minimum Gasteiger partial charge on any atom is -0.451 e. The molecule has 5 heteroatoms. The van der Waals surface area contributed by atoms with Crippen LogP contribution in [0.15, 0.2) is 28.7 Å². The quantitative estimate of drug-likeness (QED) is 0.881. The van der Waals surface area contributed by atoms with Gasteiger partial charge in [-0.15, -0.1) is 0 Å². The number of benzene rings is 1. The molecule has 0 unspecified atom stereocenters. The van der Waals surface area contributed by atoms with Gasteiger partial charge in [0.25, 0.3) is 5.91 Å². The van der Waals surface area contributed by atoms with Gasteiger partial charge in [0.15, 0.2) is 5.76 Å². The molecule has 1 heterocycles. The average Bonchev–Trinajstić information content (AvgIpc) is 2.94. The summed E-state index contributed by atoms with van der Waals surface area (Å²) in [6.45, 7) is 4.28. The molecule has 1 amide bonds. The first kappa shape index (κ1) is 17.0. The van der Waals surface area contributed by atoms with Crippen LogP contribution in [0, 0.1) is 0 Å². The van der Waals surface area contributed by atoms with E-state index >= 15 is 0 Å². The van der Waals surface area contributed by atoms with Crippen LogP contribution in [0.2, 0.25) is 0 Å². The highest BCUT2D eigenvalue weighted by atomic mass is 16.5. The summed E-state index contributed by atoms with van der Waals surface area (Å²) in [6.07, 6.45) is 2.90. The predicted molar refractivity (Wildman–Crippen MR) is 91.9 cm³/mol. The highest BCUT2D eigenvalue weighted by molar-refractivity contribution is 5.99. The van der Waals surface area contributed by atoms with Gasteiger partial charge in [0.2, 0.25) is 0 Å². The van der Waals surface area contributed by atoms with E-state index in [0.717, 1.165) is 36.6 Å². The maximum atomic E-state index is 12.7. The van der Waals surface area contributed by atoms with Gasteiger partial charge in [-0.25, -0.2) is 0 Å². The highest BCUT2D eigenvalue weighted by Gasteiger charge is 2.25. The van der Waals surface area contributed by atoms with Crippen molar-refractivity contribution >= 4 is 16.9 Å². The van der Waals surface area contributed by atoms with Crippen LogP contribution in [0.3, 0.4) is 0 Å². The zero-order valence-electron chi connectivity index (χ0n) is 14.2. The first-order valence-electron chi connectivity index (χ1n) is 8.65. The number of para-hydroxylation sites is 1. The van der Waals surface area contributed by atoms with E-state index in [-0.39, 0.29) is 24.2 Å². The maximum Gasteiger partial charge on any atom is 0.287 e. The standard InChI is InChI=1S/C19H25NO4/c1-12(2)23-11-16-15-5-3-4-6-17(15)24-18(16)19(22)20-13-7-9-14(21)10-8-13/h3-6,12-14,21H,7-11H2,1-2H3,(H,20,22). The van der Waals surface area contributed by atoms with Crippen LogP contribution >= 0.6 is 0 Å². The monoisotopic (exact) mass is 331 g/mol. The number of rotatable bonds is 5. The molecule has 0 atom stereocenters. The van der Waals surface area contributed by atoms with Crippen LogP contribution in [0.25, 0.3) is 11.0 Å². The average molecular weight is 331 g/mol. The summed E-state index contributed by atoms with van der Waals surface area (Å²) in [5.41, 5.74) is 1.50. The Hall–Kier alpha value is -1.85. The molecule has 1 aromatic carbocycles.